The number of hydrogen-bond donors (Lipinski definition) is 1. The number of amides is 1. The van der Waals surface area contributed by atoms with E-state index >= 15 is 0 Å². The molecule has 0 spiro atoms. The van der Waals surface area contributed by atoms with Gasteiger partial charge >= 0.3 is 0 Å². The maximum atomic E-state index is 14.4. The van der Waals surface area contributed by atoms with Gasteiger partial charge < -0.3 is 19.3 Å². The van der Waals surface area contributed by atoms with E-state index in [-0.39, 0.29) is 37.1 Å². The zero-order valence-electron chi connectivity index (χ0n) is 20.5. The predicted molar refractivity (Wildman–Crippen MR) is 138 cm³/mol. The van der Waals surface area contributed by atoms with Crippen LogP contribution in [0.15, 0.2) is 72.8 Å². The number of aliphatic hydroxyl groups is 1. The summed E-state index contributed by atoms with van der Waals surface area (Å²) >= 11 is 0. The Balaban J connectivity index is 1.35. The van der Waals surface area contributed by atoms with Crippen LogP contribution in [0.1, 0.15) is 43.5 Å². The normalized spacial score (nSPS) is 16.8. The molecule has 7 heteroatoms. The van der Waals surface area contributed by atoms with E-state index in [1.54, 1.807) is 18.2 Å². The molecule has 0 bridgehead atoms. The van der Waals surface area contributed by atoms with Crippen LogP contribution in [0.25, 0.3) is 11.0 Å². The van der Waals surface area contributed by atoms with E-state index in [1.807, 2.05) is 53.1 Å². The Morgan fingerprint density at radius 1 is 1.06 bits per heavy atom. The second-order valence-corrected chi connectivity index (χ2v) is 9.61. The molecule has 1 aliphatic heterocycles. The van der Waals surface area contributed by atoms with Crippen molar-refractivity contribution in [1.82, 2.24) is 9.55 Å². The first-order valence-corrected chi connectivity index (χ1v) is 12.3. The third-order valence-corrected chi connectivity index (χ3v) is 6.70. The van der Waals surface area contributed by atoms with Gasteiger partial charge in [-0.15, -0.1) is 0 Å². The summed E-state index contributed by atoms with van der Waals surface area (Å²) in [7, 11) is 0. The number of fused-ring (bicyclic) bond motifs is 1. The lowest BCUT2D eigenvalue weighted by atomic mass is 10.0. The highest BCUT2D eigenvalue weighted by atomic mass is 19.1. The molecule has 1 saturated heterocycles. The van der Waals surface area contributed by atoms with Gasteiger partial charge in [0.2, 0.25) is 5.91 Å². The molecule has 0 saturated carbocycles. The Kier molecular flexibility index (Phi) is 6.74. The van der Waals surface area contributed by atoms with Crippen molar-refractivity contribution in [3.8, 4) is 5.75 Å². The summed E-state index contributed by atoms with van der Waals surface area (Å²) in [5.74, 6) is 1.07. The average Bonchev–Trinajstić information content (AvgIpc) is 3.44. The zero-order chi connectivity index (χ0) is 25.2. The van der Waals surface area contributed by atoms with Crippen LogP contribution in [-0.2, 0) is 11.3 Å². The number of imidazole rings is 1. The van der Waals surface area contributed by atoms with E-state index in [9.17, 15) is 14.3 Å². The lowest BCUT2D eigenvalue weighted by Gasteiger charge is -2.19. The van der Waals surface area contributed by atoms with Gasteiger partial charge in [-0.3, -0.25) is 4.79 Å². The van der Waals surface area contributed by atoms with Crippen molar-refractivity contribution in [1.29, 1.82) is 0 Å². The summed E-state index contributed by atoms with van der Waals surface area (Å²) in [5.41, 5.74) is 3.18. The molecule has 6 nitrogen and oxygen atoms in total. The number of aliphatic hydroxyl groups excluding tert-OH is 1. The predicted octanol–water partition coefficient (Wildman–Crippen LogP) is 5.26. The number of halogens is 1. The molecule has 4 aromatic rings. The fourth-order valence-corrected chi connectivity index (χ4v) is 4.79. The van der Waals surface area contributed by atoms with Gasteiger partial charge in [0, 0.05) is 18.9 Å². The van der Waals surface area contributed by atoms with Crippen LogP contribution in [0.5, 0.6) is 5.75 Å². The van der Waals surface area contributed by atoms with Crippen molar-refractivity contribution in [2.45, 2.75) is 44.8 Å². The number of carbonyl (C=O) groups excluding carboxylic acids is 1. The zero-order valence-corrected chi connectivity index (χ0v) is 20.5. The molecule has 0 radical (unpaired) electrons. The first-order chi connectivity index (χ1) is 17.4. The summed E-state index contributed by atoms with van der Waals surface area (Å²) in [6.45, 7) is 5.00. The second kappa shape index (κ2) is 10.1. The van der Waals surface area contributed by atoms with E-state index in [4.69, 9.17) is 9.72 Å². The van der Waals surface area contributed by atoms with Crippen molar-refractivity contribution in [3.05, 3.63) is 90.0 Å². The molecule has 36 heavy (non-hydrogen) atoms. The van der Waals surface area contributed by atoms with Crippen molar-refractivity contribution in [2.75, 3.05) is 18.1 Å². The molecule has 186 valence electrons. The minimum Gasteiger partial charge on any atom is -0.491 e. The number of hydrogen-bond acceptors (Lipinski definition) is 4. The maximum absolute atomic E-state index is 14.4. The standard InChI is InChI=1S/C29H30FN3O3/c1-19(2)20-11-13-23(14-12-20)36-18-22(34)17-33-27-10-6-4-8-25(27)31-29(33)21-15-28(35)32(16-21)26-9-5-3-7-24(26)30/h3-14,19,21-22,34H,15-18H2,1-2H3/t21-,22-/m1/s1. The number of benzene rings is 3. The number of para-hydroxylation sites is 3. The van der Waals surface area contributed by atoms with Crippen LogP contribution in [0.4, 0.5) is 10.1 Å². The van der Waals surface area contributed by atoms with E-state index < -0.39 is 11.9 Å². The maximum Gasteiger partial charge on any atom is 0.227 e. The molecule has 5 rings (SSSR count). The minimum atomic E-state index is -0.786. The molecule has 1 amide bonds. The summed E-state index contributed by atoms with van der Waals surface area (Å²) in [4.78, 5) is 19.1. The number of ether oxygens (including phenoxy) is 1. The van der Waals surface area contributed by atoms with Crippen molar-refractivity contribution >= 4 is 22.6 Å². The van der Waals surface area contributed by atoms with Crippen LogP contribution in [-0.4, -0.2) is 39.8 Å². The van der Waals surface area contributed by atoms with Gasteiger partial charge in [0.1, 0.15) is 30.1 Å². The largest absolute Gasteiger partial charge is 0.491 e. The average molecular weight is 488 g/mol. The van der Waals surface area contributed by atoms with E-state index in [0.717, 1.165) is 11.0 Å². The molecule has 1 aliphatic rings. The molecule has 1 aromatic heterocycles. The van der Waals surface area contributed by atoms with Gasteiger partial charge in [-0.1, -0.05) is 50.2 Å². The van der Waals surface area contributed by atoms with Gasteiger partial charge in [-0.2, -0.15) is 0 Å². The second-order valence-electron chi connectivity index (χ2n) is 9.61. The lowest BCUT2D eigenvalue weighted by Crippen LogP contribution is -2.27. The Hall–Kier alpha value is -3.71. The van der Waals surface area contributed by atoms with Crippen LogP contribution in [0.3, 0.4) is 0 Å². The van der Waals surface area contributed by atoms with Crippen molar-refractivity contribution in [2.24, 2.45) is 0 Å². The summed E-state index contributed by atoms with van der Waals surface area (Å²) in [5, 5.41) is 10.9. The van der Waals surface area contributed by atoms with E-state index in [0.29, 0.717) is 24.0 Å². The first-order valence-electron chi connectivity index (χ1n) is 12.3. The molecule has 1 fully saturated rings. The van der Waals surface area contributed by atoms with Crippen LogP contribution < -0.4 is 9.64 Å². The number of rotatable bonds is 8. The highest BCUT2D eigenvalue weighted by molar-refractivity contribution is 5.96. The Labute approximate surface area is 210 Å². The number of aromatic nitrogens is 2. The summed E-state index contributed by atoms with van der Waals surface area (Å²) in [6.07, 6.45) is -0.558. The Morgan fingerprint density at radius 3 is 2.53 bits per heavy atom. The van der Waals surface area contributed by atoms with Gasteiger partial charge in [0.15, 0.2) is 0 Å². The lowest BCUT2D eigenvalue weighted by molar-refractivity contribution is -0.117. The highest BCUT2D eigenvalue weighted by Gasteiger charge is 2.36. The molecule has 2 atom stereocenters. The molecule has 2 heterocycles. The van der Waals surface area contributed by atoms with Gasteiger partial charge in [0.05, 0.1) is 23.3 Å². The van der Waals surface area contributed by atoms with Gasteiger partial charge in [-0.25, -0.2) is 9.37 Å². The van der Waals surface area contributed by atoms with Gasteiger partial charge in [0.25, 0.3) is 0 Å². The van der Waals surface area contributed by atoms with Crippen LogP contribution in [0, 0.1) is 5.82 Å². The monoisotopic (exact) mass is 487 g/mol. The molecular formula is C29H30FN3O3. The molecule has 1 N–H and O–H groups in total. The molecular weight excluding hydrogens is 457 g/mol. The number of nitrogens with zero attached hydrogens (tertiary/aromatic N) is 3. The number of carbonyl (C=O) groups is 1. The van der Waals surface area contributed by atoms with Gasteiger partial charge in [-0.05, 0) is 47.9 Å². The quantitative estimate of drug-likeness (QED) is 0.368. The smallest absolute Gasteiger partial charge is 0.227 e. The highest BCUT2D eigenvalue weighted by Crippen LogP contribution is 2.34. The minimum absolute atomic E-state index is 0.123. The summed E-state index contributed by atoms with van der Waals surface area (Å²) in [6, 6.07) is 21.9. The van der Waals surface area contributed by atoms with Crippen LogP contribution in [0.2, 0.25) is 0 Å². The van der Waals surface area contributed by atoms with Crippen molar-refractivity contribution < 1.29 is 19.0 Å². The summed E-state index contributed by atoms with van der Waals surface area (Å²) < 4.78 is 22.2. The van der Waals surface area contributed by atoms with E-state index in [1.165, 1.54) is 16.5 Å². The molecule has 0 aliphatic carbocycles. The fraction of sp³-hybridized carbons (Fsp3) is 0.310. The topological polar surface area (TPSA) is 67.6 Å². The Morgan fingerprint density at radius 2 is 1.78 bits per heavy atom. The van der Waals surface area contributed by atoms with Crippen molar-refractivity contribution in [3.63, 3.8) is 0 Å². The third kappa shape index (κ3) is 4.84. The molecule has 3 aromatic carbocycles. The Bertz CT molecular complexity index is 1370. The molecule has 0 unspecified atom stereocenters. The first kappa shape index (κ1) is 24.0. The number of anilines is 1. The van der Waals surface area contributed by atoms with E-state index in [2.05, 4.69) is 13.8 Å². The fourth-order valence-electron chi connectivity index (χ4n) is 4.79. The SMILES string of the molecule is CC(C)c1ccc(OC[C@H](O)Cn2c([C@@H]3CC(=O)N(c4ccccc4F)C3)nc3ccccc32)cc1. The van der Waals surface area contributed by atoms with Crippen LogP contribution >= 0.6 is 0 Å². The third-order valence-electron chi connectivity index (χ3n) is 6.70.